The van der Waals surface area contributed by atoms with E-state index in [1.165, 1.54) is 37.4 Å². The van der Waals surface area contributed by atoms with Crippen LogP contribution >= 0.6 is 11.8 Å². The second-order valence-corrected chi connectivity index (χ2v) is 7.96. The van der Waals surface area contributed by atoms with Crippen LogP contribution in [0.4, 0.5) is 0 Å². The van der Waals surface area contributed by atoms with Crippen molar-refractivity contribution in [2.45, 2.75) is 59.0 Å². The van der Waals surface area contributed by atoms with E-state index >= 15 is 0 Å². The van der Waals surface area contributed by atoms with Gasteiger partial charge in [-0.2, -0.15) is 11.8 Å². The highest BCUT2D eigenvalue weighted by Gasteiger charge is 2.32. The molecule has 0 aromatic rings. The molecule has 1 fully saturated rings. The summed E-state index contributed by atoms with van der Waals surface area (Å²) in [5.74, 6) is 3.36. The fraction of sp³-hybridized carbons (Fsp3) is 1.00. The van der Waals surface area contributed by atoms with E-state index in [1.54, 1.807) is 0 Å². The largest absolute Gasteiger partial charge is 0.309 e. The lowest BCUT2D eigenvalue weighted by Gasteiger charge is -2.45. The minimum Gasteiger partial charge on any atom is -0.309 e. The van der Waals surface area contributed by atoms with Crippen molar-refractivity contribution in [1.29, 1.82) is 0 Å². The highest BCUT2D eigenvalue weighted by Crippen LogP contribution is 2.20. The summed E-state index contributed by atoms with van der Waals surface area (Å²) in [5, 5.41) is 3.70. The molecule has 0 radical (unpaired) electrons. The lowest BCUT2D eigenvalue weighted by Crippen LogP contribution is -2.61. The van der Waals surface area contributed by atoms with E-state index in [-0.39, 0.29) is 5.54 Å². The summed E-state index contributed by atoms with van der Waals surface area (Å²) < 4.78 is 0. The first kappa shape index (κ1) is 16.3. The van der Waals surface area contributed by atoms with E-state index in [0.29, 0.717) is 0 Å². The molecule has 1 atom stereocenters. The van der Waals surface area contributed by atoms with Gasteiger partial charge in [-0.25, -0.2) is 0 Å². The van der Waals surface area contributed by atoms with E-state index in [9.17, 15) is 0 Å². The van der Waals surface area contributed by atoms with Gasteiger partial charge >= 0.3 is 0 Å². The van der Waals surface area contributed by atoms with Crippen LogP contribution in [0.15, 0.2) is 0 Å². The van der Waals surface area contributed by atoms with Crippen LogP contribution in [0.1, 0.15) is 47.5 Å². The Hall–Kier alpha value is 0.270. The highest BCUT2D eigenvalue weighted by molar-refractivity contribution is 7.99. The van der Waals surface area contributed by atoms with E-state index < -0.39 is 0 Å². The number of thioether (sulfide) groups is 1. The molecule has 18 heavy (non-hydrogen) atoms. The summed E-state index contributed by atoms with van der Waals surface area (Å²) in [6.45, 7) is 15.2. The smallest absolute Gasteiger partial charge is 0.0252 e. The molecule has 0 aromatic carbocycles. The van der Waals surface area contributed by atoms with Crippen LogP contribution in [0, 0.1) is 5.92 Å². The Labute approximate surface area is 118 Å². The lowest BCUT2D eigenvalue weighted by atomic mass is 9.94. The average Bonchev–Trinajstić information content (AvgIpc) is 2.27. The Balaban J connectivity index is 2.43. The average molecular weight is 273 g/mol. The monoisotopic (exact) mass is 272 g/mol. The zero-order chi connectivity index (χ0) is 13.6. The molecule has 0 bridgehead atoms. The van der Waals surface area contributed by atoms with Crippen molar-refractivity contribution in [3.8, 4) is 0 Å². The van der Waals surface area contributed by atoms with Crippen molar-refractivity contribution in [2.75, 3.05) is 31.1 Å². The molecule has 108 valence electrons. The first-order valence-corrected chi connectivity index (χ1v) is 8.67. The van der Waals surface area contributed by atoms with Crippen LogP contribution in [-0.4, -0.2) is 47.6 Å². The van der Waals surface area contributed by atoms with E-state index in [0.717, 1.165) is 18.5 Å². The molecule has 1 aliphatic heterocycles. The topological polar surface area (TPSA) is 15.3 Å². The standard InChI is InChI=1S/C15H32N2S/c1-6-18-9-7-8-17-12-15(4,5)16-11-14(17)10-13(2)3/h13-14,16H,6-12H2,1-5H3. The second kappa shape index (κ2) is 7.76. The van der Waals surface area contributed by atoms with Gasteiger partial charge in [-0.05, 0) is 50.7 Å². The molecule has 0 amide bonds. The maximum Gasteiger partial charge on any atom is 0.0252 e. The van der Waals surface area contributed by atoms with Crippen LogP contribution in [0.5, 0.6) is 0 Å². The summed E-state index contributed by atoms with van der Waals surface area (Å²) in [6, 6.07) is 0.740. The molecule has 2 nitrogen and oxygen atoms in total. The van der Waals surface area contributed by atoms with Crippen LogP contribution < -0.4 is 5.32 Å². The van der Waals surface area contributed by atoms with Gasteiger partial charge in [0.25, 0.3) is 0 Å². The van der Waals surface area contributed by atoms with Gasteiger partial charge in [0.05, 0.1) is 0 Å². The Morgan fingerprint density at radius 1 is 1.39 bits per heavy atom. The number of hydrogen-bond donors (Lipinski definition) is 1. The fourth-order valence-electron chi connectivity index (χ4n) is 2.77. The van der Waals surface area contributed by atoms with Gasteiger partial charge in [0.2, 0.25) is 0 Å². The van der Waals surface area contributed by atoms with Gasteiger partial charge in [-0.3, -0.25) is 4.90 Å². The Bertz CT molecular complexity index is 229. The van der Waals surface area contributed by atoms with Crippen LogP contribution in [0.2, 0.25) is 0 Å². The molecule has 0 aliphatic carbocycles. The summed E-state index contributed by atoms with van der Waals surface area (Å²) in [6.07, 6.45) is 2.66. The molecule has 0 aromatic heterocycles. The zero-order valence-corrected chi connectivity index (χ0v) is 13.8. The van der Waals surface area contributed by atoms with Crippen molar-refractivity contribution >= 4 is 11.8 Å². The molecule has 1 N–H and O–H groups in total. The van der Waals surface area contributed by atoms with Gasteiger partial charge in [0.1, 0.15) is 0 Å². The predicted octanol–water partition coefficient (Wildman–Crippen LogP) is 3.23. The van der Waals surface area contributed by atoms with E-state index in [1.807, 2.05) is 0 Å². The maximum atomic E-state index is 3.70. The third-order valence-electron chi connectivity index (χ3n) is 3.61. The third-order valence-corrected chi connectivity index (χ3v) is 4.60. The number of rotatable bonds is 7. The molecule has 1 aliphatic rings. The fourth-order valence-corrected chi connectivity index (χ4v) is 3.39. The maximum absolute atomic E-state index is 3.70. The minimum absolute atomic E-state index is 0.283. The van der Waals surface area contributed by atoms with Crippen molar-refractivity contribution in [1.82, 2.24) is 10.2 Å². The molecular weight excluding hydrogens is 240 g/mol. The molecule has 1 rings (SSSR count). The van der Waals surface area contributed by atoms with Crippen LogP contribution in [-0.2, 0) is 0 Å². The lowest BCUT2D eigenvalue weighted by molar-refractivity contribution is 0.0832. The Kier molecular flexibility index (Phi) is 7.04. The summed E-state index contributed by atoms with van der Waals surface area (Å²) >= 11 is 2.07. The normalized spacial score (nSPS) is 24.7. The third kappa shape index (κ3) is 5.94. The molecule has 0 saturated carbocycles. The summed E-state index contributed by atoms with van der Waals surface area (Å²) in [5.41, 5.74) is 0.283. The predicted molar refractivity (Wildman–Crippen MR) is 84.5 cm³/mol. The molecule has 1 unspecified atom stereocenters. The molecule has 0 spiro atoms. The van der Waals surface area contributed by atoms with Crippen molar-refractivity contribution in [2.24, 2.45) is 5.92 Å². The number of piperazine rings is 1. The quantitative estimate of drug-likeness (QED) is 0.716. The van der Waals surface area contributed by atoms with E-state index in [2.05, 4.69) is 56.6 Å². The number of nitrogens with one attached hydrogen (secondary N) is 1. The number of nitrogens with zero attached hydrogens (tertiary/aromatic N) is 1. The molecule has 3 heteroatoms. The highest BCUT2D eigenvalue weighted by atomic mass is 32.2. The van der Waals surface area contributed by atoms with Crippen molar-refractivity contribution in [3.63, 3.8) is 0 Å². The Morgan fingerprint density at radius 3 is 2.72 bits per heavy atom. The summed E-state index contributed by atoms with van der Waals surface area (Å²) in [4.78, 5) is 2.73. The Morgan fingerprint density at radius 2 is 2.11 bits per heavy atom. The molecule has 1 heterocycles. The van der Waals surface area contributed by atoms with Crippen molar-refractivity contribution in [3.05, 3.63) is 0 Å². The van der Waals surface area contributed by atoms with Gasteiger partial charge in [0.15, 0.2) is 0 Å². The van der Waals surface area contributed by atoms with Gasteiger partial charge in [-0.15, -0.1) is 0 Å². The molecule has 1 saturated heterocycles. The van der Waals surface area contributed by atoms with Crippen LogP contribution in [0.3, 0.4) is 0 Å². The van der Waals surface area contributed by atoms with Crippen LogP contribution in [0.25, 0.3) is 0 Å². The summed E-state index contributed by atoms with van der Waals surface area (Å²) in [7, 11) is 0. The van der Waals surface area contributed by atoms with E-state index in [4.69, 9.17) is 0 Å². The first-order chi connectivity index (χ1) is 8.44. The van der Waals surface area contributed by atoms with Gasteiger partial charge in [0, 0.05) is 24.7 Å². The van der Waals surface area contributed by atoms with Crippen molar-refractivity contribution < 1.29 is 0 Å². The number of hydrogen-bond acceptors (Lipinski definition) is 3. The second-order valence-electron chi connectivity index (χ2n) is 6.57. The first-order valence-electron chi connectivity index (χ1n) is 7.51. The SMILES string of the molecule is CCSCCCN1CC(C)(C)NCC1CC(C)C. The molecular formula is C15H32N2S. The minimum atomic E-state index is 0.283. The van der Waals surface area contributed by atoms with Gasteiger partial charge in [-0.1, -0.05) is 20.8 Å². The van der Waals surface area contributed by atoms with Gasteiger partial charge < -0.3 is 5.32 Å². The zero-order valence-electron chi connectivity index (χ0n) is 13.0.